The first kappa shape index (κ1) is 27.1. The molecule has 1 fully saturated rings. The molecule has 0 aliphatic carbocycles. The van der Waals surface area contributed by atoms with E-state index in [0.29, 0.717) is 0 Å². The number of likely N-dealkylation sites (tertiary alicyclic amines) is 1. The zero-order chi connectivity index (χ0) is 25.9. The van der Waals surface area contributed by atoms with E-state index in [9.17, 15) is 19.5 Å². The predicted octanol–water partition coefficient (Wildman–Crippen LogP) is 2.05. The molecule has 2 aromatic rings. The number of hydrogen-bond donors (Lipinski definition) is 3. The third-order valence-corrected chi connectivity index (χ3v) is 7.24. The number of rotatable bonds is 7. The molecule has 4 N–H and O–H groups in total. The van der Waals surface area contributed by atoms with Crippen LogP contribution in [0.25, 0.3) is 10.4 Å². The highest BCUT2D eigenvalue weighted by molar-refractivity contribution is 7.13. The van der Waals surface area contributed by atoms with Gasteiger partial charge in [-0.2, -0.15) is 0 Å². The SMILES string of the molecule is Cc1ncsc1-c1ccc(CN(Cl)C(=O)[C@@H]2C[C@@H](O)CN2C(=O)[C@@H](NC(=O)CN)C(C)(C)C)cc1. The number of aliphatic hydroxyl groups excluding tert-OH is 1. The first-order chi connectivity index (χ1) is 16.4. The molecule has 0 spiro atoms. The smallest absolute Gasteiger partial charge is 0.260 e. The highest BCUT2D eigenvalue weighted by Gasteiger charge is 2.45. The number of nitrogens with two attached hydrogens (primary N) is 1. The topological polar surface area (TPSA) is 129 Å². The summed E-state index contributed by atoms with van der Waals surface area (Å²) >= 11 is 7.93. The zero-order valence-corrected chi connectivity index (χ0v) is 21.9. The number of β-amino-alcohol motifs (C(OH)–C–C–N with tert-alkyl or cyclic N) is 1. The lowest BCUT2D eigenvalue weighted by Crippen LogP contribution is -2.58. The monoisotopic (exact) mass is 521 g/mol. The molecule has 1 aromatic heterocycles. The van der Waals surface area contributed by atoms with Gasteiger partial charge < -0.3 is 21.1 Å². The standard InChI is InChI=1S/C24H32ClN5O4S/c1-14-20(35-13-27-14)16-7-5-15(6-8-16)11-30(25)22(33)18-9-17(31)12-29(18)23(34)21(24(2,3)4)28-19(32)10-26/h5-8,13,17-18,21,31H,9-12,26H2,1-4H3,(H,28,32)/t17-,18+,21-/m1/s1. The van der Waals surface area contributed by atoms with E-state index in [0.717, 1.165) is 26.1 Å². The highest BCUT2D eigenvalue weighted by atomic mass is 35.5. The number of nitrogens with zero attached hydrogens (tertiary/aromatic N) is 3. The van der Waals surface area contributed by atoms with Gasteiger partial charge in [0.25, 0.3) is 5.91 Å². The van der Waals surface area contributed by atoms with Crippen LogP contribution in [-0.2, 0) is 20.9 Å². The number of thiazole rings is 1. The van der Waals surface area contributed by atoms with Crippen LogP contribution in [0.5, 0.6) is 0 Å². The minimum atomic E-state index is -0.936. The van der Waals surface area contributed by atoms with E-state index in [1.54, 1.807) is 37.6 Å². The van der Waals surface area contributed by atoms with Crippen LogP contribution in [0.1, 0.15) is 38.4 Å². The summed E-state index contributed by atoms with van der Waals surface area (Å²) in [5.74, 6) is -1.42. The van der Waals surface area contributed by atoms with Crippen LogP contribution in [0.15, 0.2) is 29.8 Å². The number of carbonyl (C=O) groups is 3. The predicted molar refractivity (Wildman–Crippen MR) is 135 cm³/mol. The highest BCUT2D eigenvalue weighted by Crippen LogP contribution is 2.29. The molecular weight excluding hydrogens is 490 g/mol. The number of hydrogen-bond acceptors (Lipinski definition) is 7. The van der Waals surface area contributed by atoms with Crippen LogP contribution < -0.4 is 11.1 Å². The zero-order valence-electron chi connectivity index (χ0n) is 20.3. The normalized spacial score (nSPS) is 18.9. The number of amides is 3. The third-order valence-electron chi connectivity index (χ3n) is 5.97. The lowest BCUT2D eigenvalue weighted by Gasteiger charge is -2.35. The number of nitrogens with one attached hydrogen (secondary N) is 1. The average Bonchev–Trinajstić information content (AvgIpc) is 3.41. The lowest BCUT2D eigenvalue weighted by atomic mass is 9.85. The second-order valence-electron chi connectivity index (χ2n) is 9.79. The van der Waals surface area contributed by atoms with Crippen LogP contribution in [0.4, 0.5) is 0 Å². The van der Waals surface area contributed by atoms with Crippen LogP contribution in [0.3, 0.4) is 0 Å². The molecule has 9 nitrogen and oxygen atoms in total. The Hall–Kier alpha value is -2.53. The molecule has 1 aliphatic rings. The molecule has 0 radical (unpaired) electrons. The summed E-state index contributed by atoms with van der Waals surface area (Å²) in [6, 6.07) is 5.84. The Bertz CT molecular complexity index is 1070. The number of benzene rings is 1. The maximum Gasteiger partial charge on any atom is 0.260 e. The fourth-order valence-corrected chi connectivity index (χ4v) is 5.13. The fraction of sp³-hybridized carbons (Fsp3) is 0.500. The van der Waals surface area contributed by atoms with Gasteiger partial charge in [0.05, 0.1) is 35.3 Å². The Morgan fingerprint density at radius 2 is 1.97 bits per heavy atom. The largest absolute Gasteiger partial charge is 0.391 e. The molecule has 0 unspecified atom stereocenters. The van der Waals surface area contributed by atoms with Gasteiger partial charge in [-0.05, 0) is 23.5 Å². The molecule has 0 saturated carbocycles. The number of carbonyl (C=O) groups excluding carboxylic acids is 3. The number of aliphatic hydroxyl groups is 1. The summed E-state index contributed by atoms with van der Waals surface area (Å²) in [5, 5.41) is 12.9. The Balaban J connectivity index is 1.73. The van der Waals surface area contributed by atoms with Crippen LogP contribution in [0, 0.1) is 12.3 Å². The van der Waals surface area contributed by atoms with Gasteiger partial charge in [-0.1, -0.05) is 45.0 Å². The Labute approximate surface area is 214 Å². The minimum Gasteiger partial charge on any atom is -0.391 e. The maximum atomic E-state index is 13.4. The molecule has 3 rings (SSSR count). The molecule has 1 aromatic carbocycles. The fourth-order valence-electron chi connectivity index (χ4n) is 4.07. The third kappa shape index (κ3) is 6.38. The van der Waals surface area contributed by atoms with E-state index in [2.05, 4.69) is 10.3 Å². The molecule has 190 valence electrons. The van der Waals surface area contributed by atoms with Crippen molar-refractivity contribution in [2.75, 3.05) is 13.1 Å². The number of aromatic nitrogens is 1. The average molecular weight is 522 g/mol. The molecule has 0 bridgehead atoms. The number of aryl methyl sites for hydroxylation is 1. The van der Waals surface area contributed by atoms with Crippen LogP contribution >= 0.6 is 23.1 Å². The van der Waals surface area contributed by atoms with Gasteiger partial charge in [0.15, 0.2) is 0 Å². The second kappa shape index (κ2) is 11.0. The molecular formula is C24H32ClN5O4S. The van der Waals surface area contributed by atoms with Gasteiger partial charge in [-0.25, -0.2) is 9.40 Å². The molecule has 3 amide bonds. The first-order valence-corrected chi connectivity index (χ1v) is 12.6. The summed E-state index contributed by atoms with van der Waals surface area (Å²) in [6.45, 7) is 7.22. The van der Waals surface area contributed by atoms with Crippen LogP contribution in [0.2, 0.25) is 0 Å². The molecule has 3 atom stereocenters. The molecule has 1 aliphatic heterocycles. The quantitative estimate of drug-likeness (QED) is 0.478. The Morgan fingerprint density at radius 1 is 1.31 bits per heavy atom. The van der Waals surface area contributed by atoms with Gasteiger partial charge in [0.1, 0.15) is 12.1 Å². The van der Waals surface area contributed by atoms with Crippen molar-refractivity contribution in [3.63, 3.8) is 0 Å². The number of halogens is 1. The maximum absolute atomic E-state index is 13.4. The van der Waals surface area contributed by atoms with Crippen molar-refractivity contribution in [1.29, 1.82) is 0 Å². The summed E-state index contributed by atoms with van der Waals surface area (Å²) < 4.78 is 1.04. The summed E-state index contributed by atoms with van der Waals surface area (Å²) in [5.41, 5.74) is 9.38. The summed E-state index contributed by atoms with van der Waals surface area (Å²) in [4.78, 5) is 45.2. The van der Waals surface area contributed by atoms with E-state index in [-0.39, 0.29) is 26.1 Å². The van der Waals surface area contributed by atoms with E-state index in [1.807, 2.05) is 31.2 Å². The van der Waals surface area contributed by atoms with Crippen molar-refractivity contribution in [2.45, 2.75) is 58.8 Å². The van der Waals surface area contributed by atoms with Crippen molar-refractivity contribution < 1.29 is 19.5 Å². The van der Waals surface area contributed by atoms with E-state index < -0.39 is 41.3 Å². The molecule has 1 saturated heterocycles. The Morgan fingerprint density at radius 3 is 2.51 bits per heavy atom. The van der Waals surface area contributed by atoms with Gasteiger partial charge >= 0.3 is 0 Å². The van der Waals surface area contributed by atoms with E-state index in [1.165, 1.54) is 4.90 Å². The van der Waals surface area contributed by atoms with Gasteiger partial charge in [0.2, 0.25) is 11.8 Å². The summed E-state index contributed by atoms with van der Waals surface area (Å²) in [7, 11) is 0. The molecule has 2 heterocycles. The van der Waals surface area contributed by atoms with Crippen molar-refractivity contribution >= 4 is 40.8 Å². The van der Waals surface area contributed by atoms with Crippen molar-refractivity contribution in [3.8, 4) is 10.4 Å². The Kier molecular flexibility index (Phi) is 8.53. The van der Waals surface area contributed by atoms with Gasteiger partial charge in [-0.3, -0.25) is 14.4 Å². The van der Waals surface area contributed by atoms with E-state index in [4.69, 9.17) is 17.5 Å². The van der Waals surface area contributed by atoms with Crippen LogP contribution in [-0.4, -0.2) is 68.4 Å². The second-order valence-corrected chi connectivity index (χ2v) is 11.1. The van der Waals surface area contributed by atoms with Gasteiger partial charge in [-0.15, -0.1) is 11.3 Å². The summed E-state index contributed by atoms with van der Waals surface area (Å²) in [6.07, 6.45) is -0.801. The minimum absolute atomic E-state index is 0.0199. The molecule has 35 heavy (non-hydrogen) atoms. The van der Waals surface area contributed by atoms with Gasteiger partial charge in [0, 0.05) is 24.7 Å². The van der Waals surface area contributed by atoms with Crippen molar-refractivity contribution in [2.24, 2.45) is 11.1 Å². The first-order valence-electron chi connectivity index (χ1n) is 11.4. The van der Waals surface area contributed by atoms with Crippen molar-refractivity contribution in [3.05, 3.63) is 41.0 Å². The molecule has 11 heteroatoms. The van der Waals surface area contributed by atoms with Crippen molar-refractivity contribution in [1.82, 2.24) is 19.6 Å². The lowest BCUT2D eigenvalue weighted by molar-refractivity contribution is -0.145. The van der Waals surface area contributed by atoms with E-state index >= 15 is 0 Å².